The highest BCUT2D eigenvalue weighted by atomic mass is 35.5. The van der Waals surface area contributed by atoms with Gasteiger partial charge in [0.05, 0.1) is 6.54 Å². The fourth-order valence-corrected chi connectivity index (χ4v) is 1.41. The maximum Gasteiger partial charge on any atom is 0.0598 e. The summed E-state index contributed by atoms with van der Waals surface area (Å²) in [6.07, 6.45) is 6.36. The molecule has 0 fully saturated rings. The first-order valence-electron chi connectivity index (χ1n) is 5.06. The van der Waals surface area contributed by atoms with E-state index in [1.165, 1.54) is 5.56 Å². The monoisotopic (exact) mass is 223 g/mol. The predicted molar refractivity (Wildman–Crippen MR) is 68.3 cm³/mol. The Bertz CT molecular complexity index is 289. The van der Waals surface area contributed by atoms with Crippen LogP contribution in [0, 0.1) is 12.3 Å². The molecule has 1 rings (SSSR count). The van der Waals surface area contributed by atoms with Crippen LogP contribution in [-0.4, -0.2) is 24.5 Å². The number of nitrogens with zero attached hydrogens (tertiary/aromatic N) is 1. The maximum atomic E-state index is 5.28. The van der Waals surface area contributed by atoms with Gasteiger partial charge >= 0.3 is 0 Å². The Hall–Kier alpha value is -0.970. The molecule has 0 N–H and O–H groups in total. The van der Waals surface area contributed by atoms with Crippen LogP contribution in [0.25, 0.3) is 0 Å². The first-order valence-corrected chi connectivity index (χ1v) is 5.06. The van der Waals surface area contributed by atoms with Crippen molar-refractivity contribution in [3.8, 4) is 12.3 Å². The minimum Gasteiger partial charge on any atom is -0.292 e. The van der Waals surface area contributed by atoms with Gasteiger partial charge in [0.15, 0.2) is 0 Å². The van der Waals surface area contributed by atoms with Gasteiger partial charge < -0.3 is 0 Å². The zero-order valence-electron chi connectivity index (χ0n) is 9.15. The summed E-state index contributed by atoms with van der Waals surface area (Å²) >= 11 is 0. The first-order chi connectivity index (χ1) is 6.86. The molecule has 0 spiro atoms. The van der Waals surface area contributed by atoms with Crippen LogP contribution in [0.3, 0.4) is 0 Å². The van der Waals surface area contributed by atoms with Gasteiger partial charge in [0.2, 0.25) is 0 Å². The smallest absolute Gasteiger partial charge is 0.0598 e. The van der Waals surface area contributed by atoms with E-state index < -0.39 is 0 Å². The van der Waals surface area contributed by atoms with E-state index in [0.29, 0.717) is 0 Å². The highest BCUT2D eigenvalue weighted by Crippen LogP contribution is 2.00. The van der Waals surface area contributed by atoms with E-state index in [1.54, 1.807) is 0 Å². The highest BCUT2D eigenvalue weighted by molar-refractivity contribution is 5.85. The lowest BCUT2D eigenvalue weighted by Gasteiger charge is -2.16. The third kappa shape index (κ3) is 5.47. The second-order valence-corrected chi connectivity index (χ2v) is 3.31. The summed E-state index contributed by atoms with van der Waals surface area (Å²) in [4.78, 5) is 2.27. The molecule has 1 nitrogen and oxygen atoms in total. The molecule has 0 aliphatic rings. The van der Waals surface area contributed by atoms with E-state index in [2.05, 4.69) is 42.0 Å². The third-order valence-electron chi connectivity index (χ3n) is 2.32. The number of hydrogen-bond acceptors (Lipinski definition) is 1. The summed E-state index contributed by atoms with van der Waals surface area (Å²) in [5, 5.41) is 0. The molecule has 0 aliphatic heterocycles. The van der Waals surface area contributed by atoms with Crippen molar-refractivity contribution in [3.63, 3.8) is 0 Å². The second-order valence-electron chi connectivity index (χ2n) is 3.31. The largest absolute Gasteiger partial charge is 0.292 e. The molecule has 1 aromatic carbocycles. The zero-order chi connectivity index (χ0) is 10.2. The number of hydrogen-bond donors (Lipinski definition) is 0. The quantitative estimate of drug-likeness (QED) is 0.694. The van der Waals surface area contributed by atoms with E-state index in [1.807, 2.05) is 6.07 Å². The Kier molecular flexibility index (Phi) is 7.81. The Balaban J connectivity index is 0.00000196. The van der Waals surface area contributed by atoms with E-state index in [0.717, 1.165) is 26.1 Å². The summed E-state index contributed by atoms with van der Waals surface area (Å²) in [5.74, 6) is 2.68. The van der Waals surface area contributed by atoms with Crippen molar-refractivity contribution in [1.82, 2.24) is 4.90 Å². The van der Waals surface area contributed by atoms with Crippen LogP contribution < -0.4 is 0 Å². The molecule has 2 heteroatoms. The Morgan fingerprint density at radius 1 is 1.27 bits per heavy atom. The van der Waals surface area contributed by atoms with Gasteiger partial charge in [-0.3, -0.25) is 4.90 Å². The van der Waals surface area contributed by atoms with Crippen LogP contribution in [0.1, 0.15) is 12.5 Å². The van der Waals surface area contributed by atoms with Crippen LogP contribution in [0.5, 0.6) is 0 Å². The van der Waals surface area contributed by atoms with Crippen LogP contribution in [0.4, 0.5) is 0 Å². The van der Waals surface area contributed by atoms with Gasteiger partial charge in [0.25, 0.3) is 0 Å². The van der Waals surface area contributed by atoms with Gasteiger partial charge in [-0.15, -0.1) is 18.8 Å². The molecular weight excluding hydrogens is 206 g/mol. The fraction of sp³-hybridized carbons (Fsp3) is 0.385. The van der Waals surface area contributed by atoms with Crippen molar-refractivity contribution in [3.05, 3.63) is 35.9 Å². The molecule has 15 heavy (non-hydrogen) atoms. The lowest BCUT2D eigenvalue weighted by molar-refractivity contribution is 0.328. The molecule has 0 atom stereocenters. The van der Waals surface area contributed by atoms with Gasteiger partial charge in [-0.2, -0.15) is 0 Å². The number of terminal acetylenes is 1. The zero-order valence-corrected chi connectivity index (χ0v) is 9.96. The number of benzene rings is 1. The average Bonchev–Trinajstić information content (AvgIpc) is 2.25. The lowest BCUT2D eigenvalue weighted by Crippen LogP contribution is -2.26. The Morgan fingerprint density at radius 2 is 1.93 bits per heavy atom. The molecule has 0 amide bonds. The summed E-state index contributed by atoms with van der Waals surface area (Å²) in [6, 6.07) is 10.5. The van der Waals surface area contributed by atoms with E-state index in [9.17, 15) is 0 Å². The van der Waals surface area contributed by atoms with Crippen LogP contribution in [-0.2, 0) is 6.42 Å². The summed E-state index contributed by atoms with van der Waals surface area (Å²) in [5.41, 5.74) is 1.38. The highest BCUT2D eigenvalue weighted by Gasteiger charge is 1.99. The first kappa shape index (κ1) is 14.0. The van der Waals surface area contributed by atoms with Gasteiger partial charge in [-0.25, -0.2) is 0 Å². The van der Waals surface area contributed by atoms with E-state index in [4.69, 9.17) is 6.42 Å². The average molecular weight is 224 g/mol. The van der Waals surface area contributed by atoms with Crippen LogP contribution in [0.15, 0.2) is 30.3 Å². The van der Waals surface area contributed by atoms with Crippen molar-refractivity contribution in [1.29, 1.82) is 0 Å². The molecule has 1 aromatic rings. The Morgan fingerprint density at radius 3 is 2.47 bits per heavy atom. The number of rotatable bonds is 5. The molecule has 0 aromatic heterocycles. The van der Waals surface area contributed by atoms with Crippen LogP contribution in [0.2, 0.25) is 0 Å². The normalized spacial score (nSPS) is 9.40. The predicted octanol–water partition coefficient (Wildman–Crippen LogP) is 2.61. The van der Waals surface area contributed by atoms with Crippen LogP contribution >= 0.6 is 12.4 Å². The summed E-state index contributed by atoms with van der Waals surface area (Å²) in [6.45, 7) is 4.97. The molecule has 0 saturated heterocycles. The SMILES string of the molecule is C#CCN(CC)CCc1ccccc1.Cl. The summed E-state index contributed by atoms with van der Waals surface area (Å²) in [7, 11) is 0. The van der Waals surface area contributed by atoms with Crippen molar-refractivity contribution < 1.29 is 0 Å². The van der Waals surface area contributed by atoms with Gasteiger partial charge in [0.1, 0.15) is 0 Å². The van der Waals surface area contributed by atoms with Crippen molar-refractivity contribution in [2.45, 2.75) is 13.3 Å². The molecule has 0 bridgehead atoms. The van der Waals surface area contributed by atoms with Crippen molar-refractivity contribution >= 4 is 12.4 Å². The van der Waals surface area contributed by atoms with Gasteiger partial charge in [-0.05, 0) is 18.5 Å². The molecule has 0 saturated carbocycles. The molecule has 0 unspecified atom stereocenters. The fourth-order valence-electron chi connectivity index (χ4n) is 1.41. The maximum absolute atomic E-state index is 5.28. The third-order valence-corrected chi connectivity index (χ3v) is 2.32. The summed E-state index contributed by atoms with van der Waals surface area (Å²) < 4.78 is 0. The molecule has 0 radical (unpaired) electrons. The standard InChI is InChI=1S/C13H17N.ClH/c1-3-11-14(4-2)12-10-13-8-6-5-7-9-13;/h1,5-9H,4,10-12H2,2H3;1H. The van der Waals surface area contributed by atoms with Gasteiger partial charge in [0, 0.05) is 6.54 Å². The Labute approximate surface area is 98.9 Å². The van der Waals surface area contributed by atoms with E-state index in [-0.39, 0.29) is 12.4 Å². The van der Waals surface area contributed by atoms with Gasteiger partial charge in [-0.1, -0.05) is 43.2 Å². The molecule has 0 heterocycles. The number of halogens is 1. The van der Waals surface area contributed by atoms with Crippen molar-refractivity contribution in [2.24, 2.45) is 0 Å². The molecular formula is C13H18ClN. The number of likely N-dealkylation sites (N-methyl/N-ethyl adjacent to an activating group) is 1. The minimum absolute atomic E-state index is 0. The molecule has 82 valence electrons. The lowest BCUT2D eigenvalue weighted by atomic mass is 10.1. The van der Waals surface area contributed by atoms with E-state index >= 15 is 0 Å². The second kappa shape index (κ2) is 8.35. The minimum atomic E-state index is 0. The molecule has 0 aliphatic carbocycles. The van der Waals surface area contributed by atoms with Crippen molar-refractivity contribution in [2.75, 3.05) is 19.6 Å². The topological polar surface area (TPSA) is 3.24 Å².